The third kappa shape index (κ3) is 6.08. The molecule has 4 aromatic heterocycles. The molecule has 4 nitrogen and oxygen atoms in total. The van der Waals surface area contributed by atoms with Gasteiger partial charge in [0.1, 0.15) is 22.3 Å². The van der Waals surface area contributed by atoms with Crippen LogP contribution in [0.5, 0.6) is 0 Å². The monoisotopic (exact) mass is 868 g/mol. The van der Waals surface area contributed by atoms with E-state index in [-0.39, 0.29) is 0 Å². The van der Waals surface area contributed by atoms with Crippen molar-refractivity contribution in [2.24, 2.45) is 0 Å². The fraction of sp³-hybridized carbons (Fsp3) is 0. The summed E-state index contributed by atoms with van der Waals surface area (Å²) in [5, 5.41) is 8.09. The zero-order chi connectivity index (χ0) is 44.7. The van der Waals surface area contributed by atoms with E-state index in [0.29, 0.717) is 0 Å². The van der Waals surface area contributed by atoms with Crippen LogP contribution in [-0.2, 0) is 0 Å². The number of hydrogen-bond donors (Lipinski definition) is 0. The molecule has 0 radical (unpaired) electrons. The van der Waals surface area contributed by atoms with E-state index in [1.54, 1.807) is 0 Å². The van der Waals surface area contributed by atoms with Crippen LogP contribution in [0, 0.1) is 0 Å². The molecular weight excluding hydrogens is 829 g/mol. The van der Waals surface area contributed by atoms with Crippen molar-refractivity contribution in [3.05, 3.63) is 243 Å². The third-order valence-electron chi connectivity index (χ3n) is 13.8. The van der Waals surface area contributed by atoms with E-state index in [1.165, 1.54) is 49.4 Å². The number of hydrogen-bond acceptors (Lipinski definition) is 3. The Hall–Kier alpha value is -9.12. The second-order valence-corrected chi connectivity index (χ2v) is 17.7. The van der Waals surface area contributed by atoms with E-state index in [0.717, 1.165) is 83.2 Å². The smallest absolute Gasteiger partial charge is 0.137 e. The normalized spacial score (nSPS) is 11.8. The molecule has 14 rings (SSSR count). The largest absolute Gasteiger partial charge is 0.456 e. The van der Waals surface area contributed by atoms with Gasteiger partial charge in [0.25, 0.3) is 0 Å². The number of para-hydroxylation sites is 3. The minimum absolute atomic E-state index is 0.844. The third-order valence-corrected chi connectivity index (χ3v) is 13.8. The Morgan fingerprint density at radius 3 is 1.46 bits per heavy atom. The summed E-state index contributed by atoms with van der Waals surface area (Å²) in [6, 6.07) is 84.7. The highest BCUT2D eigenvalue weighted by Crippen LogP contribution is 2.45. The summed E-state index contributed by atoms with van der Waals surface area (Å²) in [5.74, 6) is 0. The summed E-state index contributed by atoms with van der Waals surface area (Å²) in [4.78, 5) is 2.30. The van der Waals surface area contributed by atoms with Crippen molar-refractivity contribution in [2.75, 3.05) is 4.90 Å². The summed E-state index contributed by atoms with van der Waals surface area (Å²) in [6.45, 7) is 0. The summed E-state index contributed by atoms with van der Waals surface area (Å²) in [7, 11) is 0. The highest BCUT2D eigenvalue weighted by Gasteiger charge is 2.21. The number of nitrogens with zero attached hydrogens (tertiary/aromatic N) is 2. The molecular formula is C64H40N2O2. The van der Waals surface area contributed by atoms with Gasteiger partial charge in [0.05, 0.1) is 11.0 Å². The van der Waals surface area contributed by atoms with Gasteiger partial charge in [0.2, 0.25) is 0 Å². The molecule has 0 bridgehead atoms. The first-order chi connectivity index (χ1) is 33.7. The van der Waals surface area contributed by atoms with Gasteiger partial charge in [-0.3, -0.25) is 0 Å². The van der Waals surface area contributed by atoms with Gasteiger partial charge in [-0.1, -0.05) is 164 Å². The van der Waals surface area contributed by atoms with E-state index in [9.17, 15) is 0 Å². The Labute approximate surface area is 391 Å². The van der Waals surface area contributed by atoms with Gasteiger partial charge in [-0.2, -0.15) is 0 Å². The van der Waals surface area contributed by atoms with Gasteiger partial charge in [-0.05, 0) is 105 Å². The lowest BCUT2D eigenvalue weighted by atomic mass is 9.93. The minimum atomic E-state index is 0.844. The molecule has 0 amide bonds. The maximum absolute atomic E-state index is 6.43. The van der Waals surface area contributed by atoms with Crippen molar-refractivity contribution in [3.63, 3.8) is 0 Å². The lowest BCUT2D eigenvalue weighted by Crippen LogP contribution is -2.09. The molecule has 4 heteroatoms. The predicted molar refractivity (Wildman–Crippen MR) is 283 cm³/mol. The maximum Gasteiger partial charge on any atom is 0.137 e. The van der Waals surface area contributed by atoms with Crippen LogP contribution in [0.4, 0.5) is 17.1 Å². The van der Waals surface area contributed by atoms with E-state index in [4.69, 9.17) is 8.83 Å². The fourth-order valence-electron chi connectivity index (χ4n) is 10.6. The fourth-order valence-corrected chi connectivity index (χ4v) is 10.6. The Morgan fingerprint density at radius 1 is 0.294 bits per heavy atom. The van der Waals surface area contributed by atoms with Crippen molar-refractivity contribution in [1.29, 1.82) is 0 Å². The molecule has 0 atom stereocenters. The van der Waals surface area contributed by atoms with Gasteiger partial charge in [-0.25, -0.2) is 0 Å². The lowest BCUT2D eigenvalue weighted by Gasteiger charge is -2.26. The SMILES string of the molecule is c1ccc(-c2c3ccccc3n3cc4ccccc4c(-c4ccc(-c5cccc(-c6cccc(N(c7ccc8c(c7)oc7ccccc78)c7ccc8c(c7)oc7ccccc78)c6)c5)cc4)c23)cc1. The molecule has 0 spiro atoms. The van der Waals surface area contributed by atoms with Crippen LogP contribution in [0.15, 0.2) is 252 Å². The van der Waals surface area contributed by atoms with Crippen LogP contribution < -0.4 is 4.90 Å². The Bertz CT molecular complexity index is 4160. The summed E-state index contributed by atoms with van der Waals surface area (Å²) < 4.78 is 15.3. The summed E-state index contributed by atoms with van der Waals surface area (Å²) in [6.07, 6.45) is 2.30. The molecule has 0 aliphatic carbocycles. The number of aromatic nitrogens is 1. The first kappa shape index (κ1) is 38.2. The van der Waals surface area contributed by atoms with Gasteiger partial charge in [-0.15, -0.1) is 0 Å². The molecule has 0 aliphatic heterocycles. The van der Waals surface area contributed by atoms with E-state index in [2.05, 4.69) is 228 Å². The highest BCUT2D eigenvalue weighted by atomic mass is 16.3. The topological polar surface area (TPSA) is 33.9 Å². The van der Waals surface area contributed by atoms with Crippen molar-refractivity contribution in [2.45, 2.75) is 0 Å². The molecule has 14 aromatic rings. The molecule has 0 aliphatic rings. The van der Waals surface area contributed by atoms with Gasteiger partial charge in [0.15, 0.2) is 0 Å². The Kier molecular flexibility index (Phi) is 8.55. The van der Waals surface area contributed by atoms with E-state index < -0.39 is 0 Å². The van der Waals surface area contributed by atoms with Crippen LogP contribution in [0.1, 0.15) is 0 Å². The number of benzene rings is 10. The molecule has 318 valence electrons. The number of rotatable bonds is 7. The quantitative estimate of drug-likeness (QED) is 0.160. The molecule has 0 unspecified atom stereocenters. The van der Waals surface area contributed by atoms with Crippen molar-refractivity contribution < 1.29 is 8.83 Å². The second kappa shape index (κ2) is 15.2. The van der Waals surface area contributed by atoms with Crippen LogP contribution in [0.25, 0.3) is 116 Å². The van der Waals surface area contributed by atoms with Gasteiger partial charge in [0, 0.05) is 73.4 Å². The van der Waals surface area contributed by atoms with Crippen LogP contribution in [-0.4, -0.2) is 4.40 Å². The summed E-state index contributed by atoms with van der Waals surface area (Å²) >= 11 is 0. The first-order valence-corrected chi connectivity index (χ1v) is 23.1. The number of fused-ring (bicyclic) bond motifs is 10. The van der Waals surface area contributed by atoms with Gasteiger partial charge >= 0.3 is 0 Å². The molecule has 0 N–H and O–H groups in total. The molecule has 4 heterocycles. The van der Waals surface area contributed by atoms with Crippen LogP contribution in [0.2, 0.25) is 0 Å². The van der Waals surface area contributed by atoms with Crippen molar-refractivity contribution >= 4 is 88.1 Å². The summed E-state index contributed by atoms with van der Waals surface area (Å²) in [5.41, 5.74) is 18.3. The van der Waals surface area contributed by atoms with Gasteiger partial charge < -0.3 is 18.1 Å². The zero-order valence-corrected chi connectivity index (χ0v) is 36.8. The molecule has 68 heavy (non-hydrogen) atoms. The Balaban J connectivity index is 0.869. The van der Waals surface area contributed by atoms with Crippen LogP contribution in [0.3, 0.4) is 0 Å². The minimum Gasteiger partial charge on any atom is -0.456 e. The number of furan rings is 2. The number of anilines is 3. The molecule has 0 saturated carbocycles. The standard InChI is InChI=1S/C64H40N2O2/c1-2-14-42(15-3-1)63-56-24-6-9-25-57(56)65-40-47-16-4-5-21-51(47)62(64(63)65)43-30-28-41(29-31-43)44-17-12-18-45(36-44)46-19-13-20-48(37-46)66(49-32-34-54-52-22-7-10-26-58(52)67-60(54)38-49)50-33-35-55-53-23-8-11-27-59(53)68-61(55)39-50/h1-40H. The average molecular weight is 869 g/mol. The molecule has 10 aromatic carbocycles. The average Bonchev–Trinajstić information content (AvgIpc) is 4.07. The van der Waals surface area contributed by atoms with E-state index in [1.807, 2.05) is 24.3 Å². The second-order valence-electron chi connectivity index (χ2n) is 17.7. The number of pyridine rings is 1. The molecule has 0 saturated heterocycles. The van der Waals surface area contributed by atoms with E-state index >= 15 is 0 Å². The zero-order valence-electron chi connectivity index (χ0n) is 36.8. The van der Waals surface area contributed by atoms with Crippen LogP contribution >= 0.6 is 0 Å². The maximum atomic E-state index is 6.43. The first-order valence-electron chi connectivity index (χ1n) is 23.1. The highest BCUT2D eigenvalue weighted by molar-refractivity contribution is 6.16. The van der Waals surface area contributed by atoms with Crippen molar-refractivity contribution in [1.82, 2.24) is 4.40 Å². The Morgan fingerprint density at radius 2 is 0.765 bits per heavy atom. The van der Waals surface area contributed by atoms with Crippen molar-refractivity contribution in [3.8, 4) is 44.5 Å². The predicted octanol–water partition coefficient (Wildman–Crippen LogP) is 18.2. The molecule has 0 fully saturated rings. The lowest BCUT2D eigenvalue weighted by molar-refractivity contribution is 0.669.